The highest BCUT2D eigenvalue weighted by atomic mass is 79.9. The van der Waals surface area contributed by atoms with E-state index in [1.165, 1.54) is 0 Å². The van der Waals surface area contributed by atoms with Gasteiger partial charge in [0.1, 0.15) is 5.52 Å². The molecule has 152 valence electrons. The fraction of sp³-hybridized carbons (Fsp3) is 0.381. The van der Waals surface area contributed by atoms with Crippen molar-refractivity contribution in [3.63, 3.8) is 0 Å². The molecule has 0 saturated carbocycles. The molecule has 0 atom stereocenters. The molecule has 0 unspecified atom stereocenters. The van der Waals surface area contributed by atoms with Crippen molar-refractivity contribution in [2.24, 2.45) is 11.7 Å². The number of hydrogen-bond acceptors (Lipinski definition) is 3. The highest BCUT2D eigenvalue weighted by Crippen LogP contribution is 2.21. The molecule has 1 fully saturated rings. The first-order valence-electron chi connectivity index (χ1n) is 9.82. The number of likely N-dealkylation sites (tertiary alicyclic amines) is 1. The number of aryl methyl sites for hydroxylation is 1. The van der Waals surface area contributed by atoms with E-state index in [9.17, 15) is 14.4 Å². The predicted molar refractivity (Wildman–Crippen MR) is 115 cm³/mol. The molecular weight excluding hydrogens is 436 g/mol. The molecule has 1 aliphatic heterocycles. The van der Waals surface area contributed by atoms with E-state index >= 15 is 0 Å². The molecule has 3 aromatic rings. The van der Waals surface area contributed by atoms with E-state index in [0.717, 1.165) is 15.5 Å². The van der Waals surface area contributed by atoms with E-state index in [0.29, 0.717) is 50.8 Å². The molecule has 1 aromatic carbocycles. The van der Waals surface area contributed by atoms with E-state index < -0.39 is 0 Å². The number of carbonyl (C=O) groups is 2. The van der Waals surface area contributed by atoms with Crippen molar-refractivity contribution in [3.05, 3.63) is 51.4 Å². The first-order valence-corrected chi connectivity index (χ1v) is 10.6. The lowest BCUT2D eigenvalue weighted by Crippen LogP contribution is -2.41. The predicted octanol–water partition coefficient (Wildman–Crippen LogP) is 2.52. The lowest BCUT2D eigenvalue weighted by molar-refractivity contribution is -0.135. The van der Waals surface area contributed by atoms with Crippen molar-refractivity contribution in [2.45, 2.75) is 32.2 Å². The standard InChI is InChI=1S/C21H23BrN4O3/c22-15-5-6-16-18(13-15)26(21(29)17-3-1-9-25(16)17)10-2-4-19(27)24-11-7-14(8-12-24)20(23)28/h1,3,5-6,9,13-14H,2,4,7-8,10-12H2,(H2,23,28). The first kappa shape index (κ1) is 19.7. The second-order valence-corrected chi connectivity index (χ2v) is 8.43. The lowest BCUT2D eigenvalue weighted by atomic mass is 9.96. The Morgan fingerprint density at radius 1 is 1.10 bits per heavy atom. The normalized spacial score (nSPS) is 15.3. The number of nitrogens with zero attached hydrogens (tertiary/aromatic N) is 3. The zero-order chi connectivity index (χ0) is 20.5. The van der Waals surface area contributed by atoms with E-state index in [2.05, 4.69) is 15.9 Å². The summed E-state index contributed by atoms with van der Waals surface area (Å²) < 4.78 is 4.55. The maximum Gasteiger partial charge on any atom is 0.275 e. The summed E-state index contributed by atoms with van der Waals surface area (Å²) in [5.74, 6) is -0.346. The molecule has 7 nitrogen and oxygen atoms in total. The second kappa shape index (κ2) is 8.02. The number of piperidine rings is 1. The number of amides is 2. The quantitative estimate of drug-likeness (QED) is 0.636. The Balaban J connectivity index is 1.49. The Kier molecular flexibility index (Phi) is 5.45. The smallest absolute Gasteiger partial charge is 0.275 e. The fourth-order valence-electron chi connectivity index (χ4n) is 4.11. The fourth-order valence-corrected chi connectivity index (χ4v) is 4.46. The number of rotatable bonds is 5. The Morgan fingerprint density at radius 3 is 2.59 bits per heavy atom. The molecule has 29 heavy (non-hydrogen) atoms. The summed E-state index contributed by atoms with van der Waals surface area (Å²) in [6.45, 7) is 1.60. The van der Waals surface area contributed by atoms with Gasteiger partial charge in [-0.3, -0.25) is 14.4 Å². The van der Waals surface area contributed by atoms with Crippen LogP contribution < -0.4 is 11.3 Å². The summed E-state index contributed by atoms with van der Waals surface area (Å²) in [5, 5.41) is 0. The van der Waals surface area contributed by atoms with Gasteiger partial charge in [-0.2, -0.15) is 0 Å². The third-order valence-electron chi connectivity index (χ3n) is 5.72. The minimum Gasteiger partial charge on any atom is -0.369 e. The van der Waals surface area contributed by atoms with Gasteiger partial charge in [-0.15, -0.1) is 0 Å². The first-order chi connectivity index (χ1) is 14.0. The number of hydrogen-bond donors (Lipinski definition) is 1. The van der Waals surface area contributed by atoms with Gasteiger partial charge in [-0.25, -0.2) is 0 Å². The van der Waals surface area contributed by atoms with Gasteiger partial charge in [0, 0.05) is 42.6 Å². The highest BCUT2D eigenvalue weighted by molar-refractivity contribution is 9.10. The Bertz CT molecular complexity index is 1140. The molecule has 1 saturated heterocycles. The van der Waals surface area contributed by atoms with Crippen LogP contribution in [0.15, 0.2) is 45.8 Å². The average Bonchev–Trinajstić information content (AvgIpc) is 3.20. The van der Waals surface area contributed by atoms with Crippen LogP contribution in [-0.2, 0) is 16.1 Å². The Hall–Kier alpha value is -2.61. The maximum atomic E-state index is 13.0. The van der Waals surface area contributed by atoms with Gasteiger partial charge in [0.15, 0.2) is 0 Å². The van der Waals surface area contributed by atoms with Crippen LogP contribution >= 0.6 is 15.9 Å². The molecule has 2 aromatic heterocycles. The Morgan fingerprint density at radius 2 is 1.86 bits per heavy atom. The summed E-state index contributed by atoms with van der Waals surface area (Å²) in [6.07, 6.45) is 4.09. The molecule has 0 spiro atoms. The van der Waals surface area contributed by atoms with Gasteiger partial charge in [-0.05, 0) is 49.6 Å². The van der Waals surface area contributed by atoms with Crippen LogP contribution in [0.1, 0.15) is 25.7 Å². The summed E-state index contributed by atoms with van der Waals surface area (Å²) in [4.78, 5) is 38.6. The number of primary amides is 1. The van der Waals surface area contributed by atoms with Gasteiger partial charge in [0.25, 0.3) is 5.56 Å². The number of benzene rings is 1. The van der Waals surface area contributed by atoms with Gasteiger partial charge in [0.05, 0.1) is 11.0 Å². The largest absolute Gasteiger partial charge is 0.369 e. The monoisotopic (exact) mass is 458 g/mol. The zero-order valence-corrected chi connectivity index (χ0v) is 17.6. The third-order valence-corrected chi connectivity index (χ3v) is 6.22. The van der Waals surface area contributed by atoms with Crippen LogP contribution in [0.25, 0.3) is 16.6 Å². The zero-order valence-electron chi connectivity index (χ0n) is 16.0. The molecule has 1 aliphatic rings. The number of carbonyl (C=O) groups excluding carboxylic acids is 2. The second-order valence-electron chi connectivity index (χ2n) is 7.51. The molecule has 0 aliphatic carbocycles. The van der Waals surface area contributed by atoms with Gasteiger partial charge in [0.2, 0.25) is 11.8 Å². The van der Waals surface area contributed by atoms with Crippen LogP contribution in [-0.4, -0.2) is 38.8 Å². The molecule has 3 heterocycles. The highest BCUT2D eigenvalue weighted by Gasteiger charge is 2.25. The number of halogens is 1. The summed E-state index contributed by atoms with van der Waals surface area (Å²) in [6, 6.07) is 9.55. The topological polar surface area (TPSA) is 89.8 Å². The molecule has 2 amide bonds. The van der Waals surface area contributed by atoms with Crippen LogP contribution in [0.3, 0.4) is 0 Å². The van der Waals surface area contributed by atoms with E-state index in [1.807, 2.05) is 40.9 Å². The van der Waals surface area contributed by atoms with Crippen molar-refractivity contribution >= 4 is 44.3 Å². The summed E-state index contributed by atoms with van der Waals surface area (Å²) >= 11 is 3.49. The number of aromatic nitrogens is 2. The van der Waals surface area contributed by atoms with Gasteiger partial charge >= 0.3 is 0 Å². The molecule has 4 rings (SSSR count). The third kappa shape index (κ3) is 3.81. The van der Waals surface area contributed by atoms with Gasteiger partial charge in [-0.1, -0.05) is 15.9 Å². The van der Waals surface area contributed by atoms with Crippen molar-refractivity contribution in [3.8, 4) is 0 Å². The number of fused-ring (bicyclic) bond motifs is 3. The lowest BCUT2D eigenvalue weighted by Gasteiger charge is -2.30. The van der Waals surface area contributed by atoms with E-state index in [1.54, 1.807) is 9.47 Å². The summed E-state index contributed by atoms with van der Waals surface area (Å²) in [7, 11) is 0. The van der Waals surface area contributed by atoms with Crippen LogP contribution in [0.2, 0.25) is 0 Å². The molecular formula is C21H23BrN4O3. The Labute approximate surface area is 176 Å². The average molecular weight is 459 g/mol. The van der Waals surface area contributed by atoms with Crippen LogP contribution in [0.4, 0.5) is 0 Å². The molecule has 2 N–H and O–H groups in total. The van der Waals surface area contributed by atoms with Crippen molar-refractivity contribution in [1.82, 2.24) is 13.9 Å². The maximum absolute atomic E-state index is 13.0. The van der Waals surface area contributed by atoms with Crippen LogP contribution in [0, 0.1) is 5.92 Å². The number of nitrogens with two attached hydrogens (primary N) is 1. The van der Waals surface area contributed by atoms with Crippen LogP contribution in [0.5, 0.6) is 0 Å². The summed E-state index contributed by atoms with van der Waals surface area (Å²) in [5.41, 5.74) is 7.71. The molecule has 8 heteroatoms. The SMILES string of the molecule is NC(=O)C1CCN(C(=O)CCCn2c(=O)c3cccn3c3ccc(Br)cc32)CC1. The minimum absolute atomic E-state index is 0.0599. The minimum atomic E-state index is -0.282. The van der Waals surface area contributed by atoms with Crippen molar-refractivity contribution in [1.29, 1.82) is 0 Å². The van der Waals surface area contributed by atoms with E-state index in [-0.39, 0.29) is 23.3 Å². The van der Waals surface area contributed by atoms with E-state index in [4.69, 9.17) is 5.73 Å². The van der Waals surface area contributed by atoms with Gasteiger partial charge < -0.3 is 19.6 Å². The van der Waals surface area contributed by atoms with Crippen molar-refractivity contribution < 1.29 is 9.59 Å². The van der Waals surface area contributed by atoms with Crippen molar-refractivity contribution in [2.75, 3.05) is 13.1 Å². The molecule has 0 bridgehead atoms. The molecule has 0 radical (unpaired) electrons.